The Kier molecular flexibility index (Phi) is 6.47. The first-order valence-corrected chi connectivity index (χ1v) is 10.5. The first-order valence-electron chi connectivity index (χ1n) is 10.5. The summed E-state index contributed by atoms with van der Waals surface area (Å²) in [5.41, 5.74) is 1.93. The second kappa shape index (κ2) is 9.42. The molecule has 2 fully saturated rings. The van der Waals surface area contributed by atoms with Crippen LogP contribution in [0.5, 0.6) is 5.75 Å². The van der Waals surface area contributed by atoms with Crippen LogP contribution in [0.4, 0.5) is 0 Å². The Labute approximate surface area is 173 Å². The van der Waals surface area contributed by atoms with Crippen LogP contribution in [0.25, 0.3) is 0 Å². The standard InChI is InChI=1S/C24H30N2O3/c1-25-10-11-28-22-9-5-8-19(12-22)24(27)26-15-20-13-23(14-21(20)16-26)29-17-18-6-3-2-4-7-18/h2-9,12,20-21,23,25H,10-11,13-17H2,1H3/t20-,21+,23?. The number of rotatable bonds is 8. The van der Waals surface area contributed by atoms with Crippen molar-refractivity contribution >= 4 is 5.91 Å². The molecule has 0 bridgehead atoms. The largest absolute Gasteiger partial charge is 0.492 e. The maximum atomic E-state index is 13.0. The molecule has 2 aromatic carbocycles. The zero-order valence-electron chi connectivity index (χ0n) is 17.0. The fourth-order valence-electron chi connectivity index (χ4n) is 4.51. The lowest BCUT2D eigenvalue weighted by atomic mass is 10.0. The van der Waals surface area contributed by atoms with Gasteiger partial charge in [0.05, 0.1) is 12.7 Å². The normalized spacial score (nSPS) is 23.2. The Morgan fingerprint density at radius 1 is 1.07 bits per heavy atom. The predicted octanol–water partition coefficient (Wildman–Crippen LogP) is 3.35. The van der Waals surface area contributed by atoms with E-state index in [1.54, 1.807) is 0 Å². The molecular formula is C24H30N2O3. The second-order valence-corrected chi connectivity index (χ2v) is 8.10. The van der Waals surface area contributed by atoms with Gasteiger partial charge in [-0.1, -0.05) is 36.4 Å². The van der Waals surface area contributed by atoms with E-state index in [0.717, 1.165) is 38.2 Å². The van der Waals surface area contributed by atoms with Crippen LogP contribution in [-0.4, -0.2) is 50.2 Å². The number of likely N-dealkylation sites (N-methyl/N-ethyl adjacent to an activating group) is 1. The van der Waals surface area contributed by atoms with E-state index in [0.29, 0.717) is 36.7 Å². The lowest BCUT2D eigenvalue weighted by Crippen LogP contribution is -2.30. The lowest BCUT2D eigenvalue weighted by Gasteiger charge is -2.20. The Hall–Kier alpha value is -2.37. The highest BCUT2D eigenvalue weighted by Crippen LogP contribution is 2.40. The molecule has 0 radical (unpaired) electrons. The van der Waals surface area contributed by atoms with Gasteiger partial charge in [0.25, 0.3) is 5.91 Å². The molecule has 4 rings (SSSR count). The zero-order valence-corrected chi connectivity index (χ0v) is 17.0. The Morgan fingerprint density at radius 3 is 2.55 bits per heavy atom. The molecule has 3 atom stereocenters. The molecule has 1 heterocycles. The summed E-state index contributed by atoms with van der Waals surface area (Å²) >= 11 is 0. The number of carbonyl (C=O) groups excluding carboxylic acids is 1. The van der Waals surface area contributed by atoms with Crippen molar-refractivity contribution in [3.8, 4) is 5.75 Å². The van der Waals surface area contributed by atoms with Crippen molar-refractivity contribution in [2.45, 2.75) is 25.6 Å². The van der Waals surface area contributed by atoms with Crippen molar-refractivity contribution in [3.05, 3.63) is 65.7 Å². The van der Waals surface area contributed by atoms with Gasteiger partial charge in [-0.15, -0.1) is 0 Å². The number of nitrogens with zero attached hydrogens (tertiary/aromatic N) is 1. The van der Waals surface area contributed by atoms with Crippen molar-refractivity contribution in [1.29, 1.82) is 0 Å². The van der Waals surface area contributed by atoms with Gasteiger partial charge in [0, 0.05) is 25.2 Å². The second-order valence-electron chi connectivity index (χ2n) is 8.10. The van der Waals surface area contributed by atoms with Gasteiger partial charge < -0.3 is 19.7 Å². The van der Waals surface area contributed by atoms with Crippen molar-refractivity contribution < 1.29 is 14.3 Å². The first-order chi connectivity index (χ1) is 14.2. The van der Waals surface area contributed by atoms with Gasteiger partial charge in [-0.05, 0) is 55.5 Å². The van der Waals surface area contributed by atoms with Crippen LogP contribution in [0.1, 0.15) is 28.8 Å². The maximum absolute atomic E-state index is 13.0. The fourth-order valence-corrected chi connectivity index (χ4v) is 4.51. The molecule has 1 unspecified atom stereocenters. The summed E-state index contributed by atoms with van der Waals surface area (Å²) in [7, 11) is 1.89. The number of benzene rings is 2. The van der Waals surface area contributed by atoms with Gasteiger partial charge in [0.1, 0.15) is 12.4 Å². The summed E-state index contributed by atoms with van der Waals surface area (Å²) in [4.78, 5) is 15.0. The number of hydrogen-bond donors (Lipinski definition) is 1. The molecule has 2 aliphatic rings. The molecule has 5 heteroatoms. The van der Waals surface area contributed by atoms with E-state index in [2.05, 4.69) is 17.4 Å². The summed E-state index contributed by atoms with van der Waals surface area (Å²) in [6.07, 6.45) is 2.41. The van der Waals surface area contributed by atoms with E-state index in [4.69, 9.17) is 9.47 Å². The van der Waals surface area contributed by atoms with Crippen LogP contribution in [0, 0.1) is 11.8 Å². The number of carbonyl (C=O) groups is 1. The lowest BCUT2D eigenvalue weighted by molar-refractivity contribution is 0.0367. The zero-order chi connectivity index (χ0) is 20.1. The van der Waals surface area contributed by atoms with Crippen molar-refractivity contribution in [2.75, 3.05) is 33.3 Å². The third kappa shape index (κ3) is 4.98. The first kappa shape index (κ1) is 19.9. The number of likely N-dealkylation sites (tertiary alicyclic amines) is 1. The van der Waals surface area contributed by atoms with Crippen LogP contribution in [0.2, 0.25) is 0 Å². The average Bonchev–Trinajstić information content (AvgIpc) is 3.32. The Balaban J connectivity index is 1.28. The number of hydrogen-bond acceptors (Lipinski definition) is 4. The molecule has 1 aliphatic carbocycles. The topological polar surface area (TPSA) is 50.8 Å². The van der Waals surface area contributed by atoms with Crippen LogP contribution in [0.3, 0.4) is 0 Å². The Morgan fingerprint density at radius 2 is 1.83 bits per heavy atom. The number of amides is 1. The summed E-state index contributed by atoms with van der Waals surface area (Å²) < 4.78 is 11.8. The summed E-state index contributed by atoms with van der Waals surface area (Å²) in [6.45, 7) is 3.71. The highest BCUT2D eigenvalue weighted by Gasteiger charge is 2.42. The minimum absolute atomic E-state index is 0.111. The van der Waals surface area contributed by atoms with Crippen molar-refractivity contribution in [2.24, 2.45) is 11.8 Å². The van der Waals surface area contributed by atoms with Gasteiger partial charge in [0.15, 0.2) is 0 Å². The molecule has 1 aliphatic heterocycles. The molecular weight excluding hydrogens is 364 g/mol. The molecule has 5 nitrogen and oxygen atoms in total. The van der Waals surface area contributed by atoms with Crippen molar-refractivity contribution in [1.82, 2.24) is 10.2 Å². The molecule has 2 aromatic rings. The van der Waals surface area contributed by atoms with Gasteiger partial charge >= 0.3 is 0 Å². The number of ether oxygens (including phenoxy) is 2. The van der Waals surface area contributed by atoms with E-state index in [1.807, 2.05) is 54.4 Å². The third-order valence-corrected chi connectivity index (χ3v) is 6.03. The molecule has 154 valence electrons. The molecule has 1 N–H and O–H groups in total. The van der Waals surface area contributed by atoms with E-state index in [-0.39, 0.29) is 5.91 Å². The van der Waals surface area contributed by atoms with Crippen molar-refractivity contribution in [3.63, 3.8) is 0 Å². The average molecular weight is 395 g/mol. The molecule has 0 aromatic heterocycles. The minimum Gasteiger partial charge on any atom is -0.492 e. The van der Waals surface area contributed by atoms with Gasteiger partial charge in [0.2, 0.25) is 0 Å². The quantitative estimate of drug-likeness (QED) is 0.698. The van der Waals surface area contributed by atoms with Gasteiger partial charge in [-0.2, -0.15) is 0 Å². The predicted molar refractivity (Wildman–Crippen MR) is 113 cm³/mol. The molecule has 0 spiro atoms. The summed E-state index contributed by atoms with van der Waals surface area (Å²) in [5.74, 6) is 1.96. The smallest absolute Gasteiger partial charge is 0.254 e. The van der Waals surface area contributed by atoms with Crippen LogP contribution in [-0.2, 0) is 11.3 Å². The van der Waals surface area contributed by atoms with Crippen LogP contribution < -0.4 is 10.1 Å². The minimum atomic E-state index is 0.111. The molecule has 1 saturated heterocycles. The van der Waals surface area contributed by atoms with Gasteiger partial charge in [-0.3, -0.25) is 4.79 Å². The third-order valence-electron chi connectivity index (χ3n) is 6.03. The maximum Gasteiger partial charge on any atom is 0.254 e. The molecule has 1 amide bonds. The van der Waals surface area contributed by atoms with Gasteiger partial charge in [-0.25, -0.2) is 0 Å². The van der Waals surface area contributed by atoms with E-state index >= 15 is 0 Å². The summed E-state index contributed by atoms with van der Waals surface area (Å²) in [6, 6.07) is 17.9. The molecule has 29 heavy (non-hydrogen) atoms. The number of nitrogens with one attached hydrogen (secondary N) is 1. The van der Waals surface area contributed by atoms with E-state index in [1.165, 1.54) is 5.56 Å². The number of fused-ring (bicyclic) bond motifs is 1. The highest BCUT2D eigenvalue weighted by atomic mass is 16.5. The highest BCUT2D eigenvalue weighted by molar-refractivity contribution is 5.94. The molecule has 1 saturated carbocycles. The van der Waals surface area contributed by atoms with E-state index < -0.39 is 0 Å². The van der Waals surface area contributed by atoms with Crippen LogP contribution >= 0.6 is 0 Å². The summed E-state index contributed by atoms with van der Waals surface area (Å²) in [5, 5.41) is 3.05. The monoisotopic (exact) mass is 394 g/mol. The van der Waals surface area contributed by atoms with E-state index in [9.17, 15) is 4.79 Å². The Bertz CT molecular complexity index is 797. The fraction of sp³-hybridized carbons (Fsp3) is 0.458. The van der Waals surface area contributed by atoms with Crippen LogP contribution in [0.15, 0.2) is 54.6 Å². The SMILES string of the molecule is CNCCOc1cccc(C(=O)N2C[C@H]3CC(OCc4ccccc4)C[C@H]3C2)c1.